The maximum absolute atomic E-state index is 13.9. The Morgan fingerprint density at radius 2 is 1.58 bits per heavy atom. The fourth-order valence-electron chi connectivity index (χ4n) is 6.69. The van der Waals surface area contributed by atoms with E-state index in [0.29, 0.717) is 19.0 Å². The molecule has 3 saturated heterocycles. The predicted octanol–water partition coefficient (Wildman–Crippen LogP) is 5.82. The first kappa shape index (κ1) is 30.7. The van der Waals surface area contributed by atoms with E-state index in [4.69, 9.17) is 4.74 Å². The van der Waals surface area contributed by atoms with E-state index in [2.05, 4.69) is 20.4 Å². The minimum absolute atomic E-state index is 0.0681. The van der Waals surface area contributed by atoms with Gasteiger partial charge in [0.2, 0.25) is 0 Å². The van der Waals surface area contributed by atoms with E-state index in [-0.39, 0.29) is 28.7 Å². The Morgan fingerprint density at radius 3 is 2.16 bits per heavy atom. The summed E-state index contributed by atoms with van der Waals surface area (Å²) in [6.07, 6.45) is -10.1. The lowest BCUT2D eigenvalue weighted by molar-refractivity contribution is -0.172. The molecular formula is C31H27F6N5O3. The number of fused-ring (bicyclic) bond motifs is 3. The molecule has 0 saturated carbocycles. The maximum atomic E-state index is 13.9. The van der Waals surface area contributed by atoms with Crippen LogP contribution in [0.1, 0.15) is 40.4 Å². The molecule has 5 atom stereocenters. The Kier molecular flexibility index (Phi) is 8.12. The van der Waals surface area contributed by atoms with Crippen LogP contribution in [-0.2, 0) is 28.5 Å². The topological polar surface area (TPSA) is 93.4 Å². The molecule has 7 rings (SSSR count). The number of nitrogens with zero attached hydrogens (tertiary/aromatic N) is 5. The lowest BCUT2D eigenvalue weighted by Crippen LogP contribution is -2.65. The molecular weight excluding hydrogens is 604 g/mol. The second kappa shape index (κ2) is 11.9. The number of halogens is 6. The first-order valence-electron chi connectivity index (χ1n) is 14.2. The van der Waals surface area contributed by atoms with E-state index in [1.54, 1.807) is 0 Å². The summed E-state index contributed by atoms with van der Waals surface area (Å²) in [4.78, 5) is 14.4. The molecule has 3 fully saturated rings. The Bertz CT molecular complexity index is 1610. The molecule has 3 aliphatic heterocycles. The van der Waals surface area contributed by atoms with Gasteiger partial charge in [0.05, 0.1) is 29.9 Å². The fraction of sp³-hybridized carbons (Fsp3) is 0.355. The van der Waals surface area contributed by atoms with Gasteiger partial charge in [-0.05, 0) is 58.3 Å². The molecule has 0 aliphatic carbocycles. The normalized spacial score (nSPS) is 23.4. The molecule has 0 spiro atoms. The summed E-state index contributed by atoms with van der Waals surface area (Å²) in [7, 11) is 0. The van der Waals surface area contributed by atoms with Gasteiger partial charge in [-0.3, -0.25) is 9.69 Å². The SMILES string of the molecule is O=C(O)[C@@H]1CN2CC[C@H]1[C@H](OCc1cc(-n3nnnc3C(F)(F)F)cc(C(F)(F)F)c1)[C@@H]2C(c1ccccc1)c1ccccc1. The Labute approximate surface area is 253 Å². The molecule has 14 heteroatoms. The molecule has 1 unspecified atom stereocenters. The first-order chi connectivity index (χ1) is 21.4. The first-order valence-corrected chi connectivity index (χ1v) is 14.2. The van der Waals surface area contributed by atoms with Crippen LogP contribution in [0.2, 0.25) is 0 Å². The van der Waals surface area contributed by atoms with E-state index in [1.165, 1.54) is 0 Å². The van der Waals surface area contributed by atoms with Crippen molar-refractivity contribution in [3.8, 4) is 5.69 Å². The van der Waals surface area contributed by atoms with Gasteiger partial charge in [-0.25, -0.2) is 0 Å². The maximum Gasteiger partial charge on any atom is 0.453 e. The average molecular weight is 632 g/mol. The number of aliphatic carboxylic acids is 1. The van der Waals surface area contributed by atoms with Crippen LogP contribution in [0.4, 0.5) is 26.3 Å². The second-order valence-electron chi connectivity index (χ2n) is 11.3. The number of carbonyl (C=O) groups is 1. The number of carboxylic acids is 1. The van der Waals surface area contributed by atoms with Crippen molar-refractivity contribution in [1.82, 2.24) is 25.1 Å². The van der Waals surface area contributed by atoms with Crippen molar-refractivity contribution in [2.75, 3.05) is 13.1 Å². The van der Waals surface area contributed by atoms with Gasteiger partial charge in [0.15, 0.2) is 0 Å². The van der Waals surface area contributed by atoms with Crippen molar-refractivity contribution in [3.63, 3.8) is 0 Å². The van der Waals surface area contributed by atoms with Crippen molar-refractivity contribution in [1.29, 1.82) is 0 Å². The van der Waals surface area contributed by atoms with E-state index < -0.39 is 59.9 Å². The van der Waals surface area contributed by atoms with E-state index in [1.807, 2.05) is 60.7 Å². The van der Waals surface area contributed by atoms with Crippen LogP contribution in [-0.4, -0.2) is 61.4 Å². The lowest BCUT2D eigenvalue weighted by atomic mass is 9.68. The smallest absolute Gasteiger partial charge is 0.453 e. The number of hydrogen-bond donors (Lipinski definition) is 1. The van der Waals surface area contributed by atoms with Crippen LogP contribution in [0.3, 0.4) is 0 Å². The monoisotopic (exact) mass is 631 g/mol. The van der Waals surface area contributed by atoms with Gasteiger partial charge in [-0.1, -0.05) is 60.7 Å². The highest BCUT2D eigenvalue weighted by Gasteiger charge is 2.53. The van der Waals surface area contributed by atoms with Crippen molar-refractivity contribution >= 4 is 5.97 Å². The number of alkyl halides is 6. The lowest BCUT2D eigenvalue weighted by Gasteiger charge is -2.55. The van der Waals surface area contributed by atoms with Gasteiger partial charge >= 0.3 is 18.3 Å². The summed E-state index contributed by atoms with van der Waals surface area (Å²) in [5.74, 6) is -4.05. The molecule has 2 bridgehead atoms. The number of piperidine rings is 3. The molecule has 0 radical (unpaired) electrons. The zero-order chi connectivity index (χ0) is 31.9. The van der Waals surface area contributed by atoms with Crippen LogP contribution in [0, 0.1) is 11.8 Å². The third kappa shape index (κ3) is 6.16. The highest BCUT2D eigenvalue weighted by Crippen LogP contribution is 2.46. The zero-order valence-corrected chi connectivity index (χ0v) is 23.5. The summed E-state index contributed by atoms with van der Waals surface area (Å²) in [6, 6.07) is 21.3. The number of ether oxygens (including phenoxy) is 1. The standard InChI is InChI=1S/C31H27F6N5O3/c32-30(33,34)21-13-18(14-22(15-21)42-29(31(35,36)37)38-39-40-42)17-45-27-23-11-12-41(16-24(23)28(43)44)26(27)25(19-7-3-1-4-8-19)20-9-5-2-6-10-20/h1-10,13-15,23-27H,11-12,16-17H2,(H,43,44)/t23-,24-,26+,27+/m1/s1. The Morgan fingerprint density at radius 1 is 0.933 bits per heavy atom. The fourth-order valence-corrected chi connectivity index (χ4v) is 6.69. The summed E-state index contributed by atoms with van der Waals surface area (Å²) >= 11 is 0. The molecule has 3 aromatic carbocycles. The summed E-state index contributed by atoms with van der Waals surface area (Å²) < 4.78 is 88.9. The summed E-state index contributed by atoms with van der Waals surface area (Å²) in [5.41, 5.74) is 0.105. The zero-order valence-electron chi connectivity index (χ0n) is 23.5. The average Bonchev–Trinajstić information content (AvgIpc) is 3.53. The number of aromatic nitrogens is 4. The Hall–Kier alpha value is -4.30. The van der Waals surface area contributed by atoms with Crippen LogP contribution in [0.5, 0.6) is 0 Å². The number of carboxylic acid groups (broad SMARTS) is 1. The summed E-state index contributed by atoms with van der Waals surface area (Å²) in [5, 5.41) is 19.3. The van der Waals surface area contributed by atoms with Crippen LogP contribution < -0.4 is 0 Å². The summed E-state index contributed by atoms with van der Waals surface area (Å²) in [6.45, 7) is 0.477. The highest BCUT2D eigenvalue weighted by atomic mass is 19.4. The third-order valence-electron chi connectivity index (χ3n) is 8.57. The van der Waals surface area contributed by atoms with E-state index in [0.717, 1.165) is 23.3 Å². The molecule has 1 N–H and O–H groups in total. The van der Waals surface area contributed by atoms with Gasteiger partial charge in [0.25, 0.3) is 5.82 Å². The van der Waals surface area contributed by atoms with Crippen LogP contribution in [0.25, 0.3) is 5.69 Å². The van der Waals surface area contributed by atoms with Gasteiger partial charge in [0, 0.05) is 24.4 Å². The van der Waals surface area contributed by atoms with Crippen molar-refractivity contribution < 1.29 is 41.0 Å². The molecule has 45 heavy (non-hydrogen) atoms. The number of hydrogen-bond acceptors (Lipinski definition) is 6. The number of tetrazole rings is 1. The molecule has 0 amide bonds. The minimum Gasteiger partial charge on any atom is -0.481 e. The van der Waals surface area contributed by atoms with Crippen LogP contribution in [0.15, 0.2) is 78.9 Å². The quantitative estimate of drug-likeness (QED) is 0.245. The van der Waals surface area contributed by atoms with Crippen molar-refractivity contribution in [2.24, 2.45) is 11.8 Å². The van der Waals surface area contributed by atoms with Crippen molar-refractivity contribution in [3.05, 3.63) is 107 Å². The molecule has 4 heterocycles. The van der Waals surface area contributed by atoms with Gasteiger partial charge in [-0.15, -0.1) is 5.10 Å². The third-order valence-corrected chi connectivity index (χ3v) is 8.57. The van der Waals surface area contributed by atoms with E-state index >= 15 is 0 Å². The number of rotatable bonds is 8. The molecule has 8 nitrogen and oxygen atoms in total. The molecule has 1 aromatic heterocycles. The van der Waals surface area contributed by atoms with Gasteiger partial charge in [0.1, 0.15) is 0 Å². The molecule has 3 aliphatic rings. The largest absolute Gasteiger partial charge is 0.481 e. The van der Waals surface area contributed by atoms with Crippen molar-refractivity contribution in [2.45, 2.75) is 43.4 Å². The second-order valence-corrected chi connectivity index (χ2v) is 11.3. The minimum atomic E-state index is -5.02. The van der Waals surface area contributed by atoms with E-state index in [9.17, 15) is 36.2 Å². The van der Waals surface area contributed by atoms with Gasteiger partial charge < -0.3 is 9.84 Å². The number of benzene rings is 3. The highest BCUT2D eigenvalue weighted by molar-refractivity contribution is 5.71. The predicted molar refractivity (Wildman–Crippen MR) is 147 cm³/mol. The Balaban J connectivity index is 1.40. The molecule has 236 valence electrons. The van der Waals surface area contributed by atoms with Gasteiger partial charge in [-0.2, -0.15) is 31.0 Å². The van der Waals surface area contributed by atoms with Crippen LogP contribution >= 0.6 is 0 Å². The molecule has 4 aromatic rings.